The number of phenols is 1. The van der Waals surface area contributed by atoms with E-state index in [-0.39, 0.29) is 12.4 Å². The van der Waals surface area contributed by atoms with Crippen molar-refractivity contribution in [2.24, 2.45) is 0 Å². The van der Waals surface area contributed by atoms with E-state index in [1.54, 1.807) is 24.3 Å². The number of ether oxygens (including phenoxy) is 2. The van der Waals surface area contributed by atoms with Crippen LogP contribution in [0, 0.1) is 0 Å². The van der Waals surface area contributed by atoms with Crippen LogP contribution in [0.4, 0.5) is 0 Å². The van der Waals surface area contributed by atoms with E-state index in [1.807, 2.05) is 30.3 Å². The number of rotatable bonds is 9. The van der Waals surface area contributed by atoms with Gasteiger partial charge < -0.3 is 25.0 Å². The third kappa shape index (κ3) is 6.03. The van der Waals surface area contributed by atoms with Crippen LogP contribution in [0.1, 0.15) is 0 Å². The molecule has 0 aromatic heterocycles. The van der Waals surface area contributed by atoms with Gasteiger partial charge in [0.2, 0.25) is 0 Å². The first-order valence-electron chi connectivity index (χ1n) is 7.22. The number of aromatic hydroxyl groups is 1. The SMILES string of the molecule is Oc1ccc(OCCNCC(O)COc2ccccc2)cc1. The van der Waals surface area contributed by atoms with Crippen molar-refractivity contribution in [3.05, 3.63) is 54.6 Å². The maximum absolute atomic E-state index is 9.80. The normalized spacial score (nSPS) is 11.9. The first kappa shape index (κ1) is 16.1. The van der Waals surface area contributed by atoms with Gasteiger partial charge in [-0.1, -0.05) is 18.2 Å². The van der Waals surface area contributed by atoms with Crippen LogP contribution in [0.2, 0.25) is 0 Å². The second-order valence-corrected chi connectivity index (χ2v) is 4.82. The lowest BCUT2D eigenvalue weighted by Gasteiger charge is -2.13. The minimum Gasteiger partial charge on any atom is -0.508 e. The third-order valence-electron chi connectivity index (χ3n) is 2.95. The van der Waals surface area contributed by atoms with Crippen molar-refractivity contribution in [1.82, 2.24) is 5.32 Å². The summed E-state index contributed by atoms with van der Waals surface area (Å²) in [4.78, 5) is 0. The number of aliphatic hydroxyl groups is 1. The lowest BCUT2D eigenvalue weighted by Crippen LogP contribution is -2.33. The van der Waals surface area contributed by atoms with Gasteiger partial charge in [0.05, 0.1) is 0 Å². The van der Waals surface area contributed by atoms with E-state index < -0.39 is 6.10 Å². The van der Waals surface area contributed by atoms with Crippen LogP contribution in [-0.4, -0.2) is 42.6 Å². The fraction of sp³-hybridized carbons (Fsp3) is 0.294. The second kappa shape index (κ2) is 8.92. The second-order valence-electron chi connectivity index (χ2n) is 4.82. The molecule has 3 N–H and O–H groups in total. The fourth-order valence-electron chi connectivity index (χ4n) is 1.82. The highest BCUT2D eigenvalue weighted by Gasteiger charge is 2.04. The number of phenolic OH excluding ortho intramolecular Hbond substituents is 1. The molecule has 0 heterocycles. The maximum Gasteiger partial charge on any atom is 0.119 e. The number of nitrogens with one attached hydrogen (secondary N) is 1. The van der Waals surface area contributed by atoms with Gasteiger partial charge in [-0.25, -0.2) is 0 Å². The van der Waals surface area contributed by atoms with Crippen LogP contribution in [0.25, 0.3) is 0 Å². The summed E-state index contributed by atoms with van der Waals surface area (Å²) >= 11 is 0. The Hall–Kier alpha value is -2.24. The number of hydrogen-bond donors (Lipinski definition) is 3. The van der Waals surface area contributed by atoms with Gasteiger partial charge >= 0.3 is 0 Å². The Morgan fingerprint density at radius 1 is 0.909 bits per heavy atom. The van der Waals surface area contributed by atoms with Gasteiger partial charge in [0.1, 0.15) is 36.6 Å². The Morgan fingerprint density at radius 2 is 1.59 bits per heavy atom. The zero-order valence-electron chi connectivity index (χ0n) is 12.3. The van der Waals surface area contributed by atoms with Crippen LogP contribution >= 0.6 is 0 Å². The molecule has 2 aromatic rings. The number of para-hydroxylation sites is 1. The Labute approximate surface area is 130 Å². The first-order chi connectivity index (χ1) is 10.7. The molecule has 22 heavy (non-hydrogen) atoms. The van der Waals surface area contributed by atoms with Gasteiger partial charge in [0.25, 0.3) is 0 Å². The molecule has 2 rings (SSSR count). The molecule has 1 unspecified atom stereocenters. The standard InChI is InChI=1S/C17H21NO4/c19-14-6-8-17(9-7-14)21-11-10-18-12-15(20)13-22-16-4-2-1-3-5-16/h1-9,15,18-20H,10-13H2. The highest BCUT2D eigenvalue weighted by Crippen LogP contribution is 2.15. The van der Waals surface area contributed by atoms with Crippen molar-refractivity contribution in [1.29, 1.82) is 0 Å². The summed E-state index contributed by atoms with van der Waals surface area (Å²) in [6.45, 7) is 1.78. The van der Waals surface area contributed by atoms with E-state index in [4.69, 9.17) is 14.6 Å². The van der Waals surface area contributed by atoms with Crippen LogP contribution in [-0.2, 0) is 0 Å². The van der Waals surface area contributed by atoms with Gasteiger partial charge in [-0.05, 0) is 36.4 Å². The lowest BCUT2D eigenvalue weighted by molar-refractivity contribution is 0.105. The van der Waals surface area contributed by atoms with Crippen molar-refractivity contribution in [2.75, 3.05) is 26.3 Å². The molecule has 1 atom stereocenters. The monoisotopic (exact) mass is 303 g/mol. The van der Waals surface area contributed by atoms with Gasteiger partial charge in [-0.2, -0.15) is 0 Å². The summed E-state index contributed by atoms with van der Waals surface area (Å²) in [5.74, 6) is 1.66. The smallest absolute Gasteiger partial charge is 0.119 e. The Kier molecular flexibility index (Phi) is 6.54. The lowest BCUT2D eigenvalue weighted by atomic mass is 10.3. The van der Waals surface area contributed by atoms with Gasteiger partial charge in [0, 0.05) is 13.1 Å². The highest BCUT2D eigenvalue weighted by atomic mass is 16.5. The first-order valence-corrected chi connectivity index (χ1v) is 7.22. The summed E-state index contributed by atoms with van der Waals surface area (Å²) in [7, 11) is 0. The average molecular weight is 303 g/mol. The molecule has 0 amide bonds. The average Bonchev–Trinajstić information content (AvgIpc) is 2.55. The summed E-state index contributed by atoms with van der Waals surface area (Å²) in [5, 5.41) is 22.1. The Balaban J connectivity index is 1.53. The molecule has 0 bridgehead atoms. The highest BCUT2D eigenvalue weighted by molar-refractivity contribution is 5.30. The van der Waals surface area contributed by atoms with E-state index in [2.05, 4.69) is 5.32 Å². The van der Waals surface area contributed by atoms with Crippen LogP contribution in [0.3, 0.4) is 0 Å². The minimum absolute atomic E-state index is 0.215. The largest absolute Gasteiger partial charge is 0.508 e. The predicted octanol–water partition coefficient (Wildman–Crippen LogP) is 1.80. The van der Waals surface area contributed by atoms with E-state index >= 15 is 0 Å². The van der Waals surface area contributed by atoms with Crippen LogP contribution < -0.4 is 14.8 Å². The molecule has 0 aliphatic rings. The number of hydrogen-bond acceptors (Lipinski definition) is 5. The van der Waals surface area contributed by atoms with Crippen molar-refractivity contribution < 1.29 is 19.7 Å². The topological polar surface area (TPSA) is 71.0 Å². The Morgan fingerprint density at radius 3 is 2.32 bits per heavy atom. The fourth-order valence-corrected chi connectivity index (χ4v) is 1.82. The third-order valence-corrected chi connectivity index (χ3v) is 2.95. The predicted molar refractivity (Wildman–Crippen MR) is 84.4 cm³/mol. The van der Waals surface area contributed by atoms with Crippen molar-refractivity contribution in [2.45, 2.75) is 6.10 Å². The zero-order chi connectivity index (χ0) is 15.6. The molecular formula is C17H21NO4. The molecule has 5 nitrogen and oxygen atoms in total. The molecule has 0 aliphatic heterocycles. The molecule has 5 heteroatoms. The van der Waals surface area contributed by atoms with Crippen molar-refractivity contribution in [3.8, 4) is 17.2 Å². The van der Waals surface area contributed by atoms with Crippen LogP contribution in [0.5, 0.6) is 17.2 Å². The molecule has 2 aromatic carbocycles. The van der Waals surface area contributed by atoms with E-state index in [0.29, 0.717) is 25.4 Å². The molecule has 118 valence electrons. The van der Waals surface area contributed by atoms with Gasteiger partial charge in [0.15, 0.2) is 0 Å². The maximum atomic E-state index is 9.80. The molecule has 0 saturated carbocycles. The van der Waals surface area contributed by atoms with Crippen molar-refractivity contribution >= 4 is 0 Å². The van der Waals surface area contributed by atoms with Gasteiger partial charge in [-0.15, -0.1) is 0 Å². The van der Waals surface area contributed by atoms with Gasteiger partial charge in [-0.3, -0.25) is 0 Å². The molecular weight excluding hydrogens is 282 g/mol. The molecule has 0 spiro atoms. The zero-order valence-corrected chi connectivity index (χ0v) is 12.3. The Bertz CT molecular complexity index is 530. The van der Waals surface area contributed by atoms with Crippen molar-refractivity contribution in [3.63, 3.8) is 0 Å². The van der Waals surface area contributed by atoms with E-state index in [1.165, 1.54) is 0 Å². The quantitative estimate of drug-likeness (QED) is 0.616. The molecule has 0 fully saturated rings. The number of benzene rings is 2. The summed E-state index contributed by atoms with van der Waals surface area (Å²) in [5.41, 5.74) is 0. The summed E-state index contributed by atoms with van der Waals surface area (Å²) in [6, 6.07) is 16.0. The van der Waals surface area contributed by atoms with E-state index in [0.717, 1.165) is 5.75 Å². The number of aliphatic hydroxyl groups excluding tert-OH is 1. The van der Waals surface area contributed by atoms with Crippen LogP contribution in [0.15, 0.2) is 54.6 Å². The summed E-state index contributed by atoms with van der Waals surface area (Å²) < 4.78 is 10.9. The molecule has 0 radical (unpaired) electrons. The molecule has 0 saturated heterocycles. The van der Waals surface area contributed by atoms with E-state index in [9.17, 15) is 5.11 Å². The minimum atomic E-state index is -0.575. The summed E-state index contributed by atoms with van der Waals surface area (Å²) in [6.07, 6.45) is -0.575. The molecule has 0 aliphatic carbocycles.